The van der Waals surface area contributed by atoms with Crippen molar-refractivity contribution in [2.45, 2.75) is 20.3 Å². The molecule has 0 aliphatic rings. The molecule has 0 aliphatic carbocycles. The van der Waals surface area contributed by atoms with E-state index in [2.05, 4.69) is 12.2 Å². The van der Waals surface area contributed by atoms with E-state index in [1.807, 2.05) is 37.3 Å². The summed E-state index contributed by atoms with van der Waals surface area (Å²) in [6.45, 7) is 4.05. The summed E-state index contributed by atoms with van der Waals surface area (Å²) in [6, 6.07) is 13.2. The van der Waals surface area contributed by atoms with Crippen LogP contribution < -0.4 is 5.32 Å². The van der Waals surface area contributed by atoms with Crippen LogP contribution in [-0.4, -0.2) is 30.8 Å². The fraction of sp³-hybridized carbons (Fsp3) is 0.238. The molecule has 0 saturated heterocycles. The lowest BCUT2D eigenvalue weighted by Crippen LogP contribution is -2.21. The first-order valence-corrected chi connectivity index (χ1v) is 8.31. The van der Waals surface area contributed by atoms with Crippen LogP contribution in [0.1, 0.15) is 34.0 Å². The van der Waals surface area contributed by atoms with Crippen LogP contribution in [0.25, 0.3) is 6.08 Å². The van der Waals surface area contributed by atoms with Gasteiger partial charge in [-0.2, -0.15) is 0 Å². The third kappa shape index (κ3) is 4.80. The zero-order valence-electron chi connectivity index (χ0n) is 15.2. The average Bonchev–Trinajstić information content (AvgIpc) is 2.61. The van der Waals surface area contributed by atoms with Gasteiger partial charge in [-0.1, -0.05) is 37.3 Å². The van der Waals surface area contributed by atoms with E-state index < -0.39 is 0 Å². The Hall–Kier alpha value is -2.88. The largest absolute Gasteiger partial charge is 0.345 e. The Morgan fingerprint density at radius 2 is 1.76 bits per heavy atom. The standard InChI is InChI=1S/C21H24N2O2/c1-5-17-8-6-7-15(2)20(17)22-19(24)14-11-16-9-12-18(13-10-16)21(25)23(3)4/h6-14H,5H2,1-4H3,(H,22,24)/b14-11+. The van der Waals surface area contributed by atoms with Gasteiger partial charge in [0.25, 0.3) is 5.91 Å². The molecule has 0 heterocycles. The van der Waals surface area contributed by atoms with Gasteiger partial charge in [0.1, 0.15) is 0 Å². The van der Waals surface area contributed by atoms with Crippen molar-refractivity contribution in [3.05, 3.63) is 70.8 Å². The molecule has 0 aromatic heterocycles. The third-order valence-corrected chi connectivity index (χ3v) is 3.98. The Morgan fingerprint density at radius 1 is 1.08 bits per heavy atom. The lowest BCUT2D eigenvalue weighted by molar-refractivity contribution is -0.111. The smallest absolute Gasteiger partial charge is 0.253 e. The number of anilines is 1. The molecule has 0 radical (unpaired) electrons. The van der Waals surface area contributed by atoms with E-state index in [0.717, 1.165) is 28.8 Å². The van der Waals surface area contributed by atoms with Crippen LogP contribution in [0.2, 0.25) is 0 Å². The van der Waals surface area contributed by atoms with Gasteiger partial charge in [0, 0.05) is 31.4 Å². The first kappa shape index (κ1) is 18.5. The highest BCUT2D eigenvalue weighted by atomic mass is 16.2. The SMILES string of the molecule is CCc1cccc(C)c1NC(=O)/C=C/c1ccc(C(=O)N(C)C)cc1. The number of carbonyl (C=O) groups excluding carboxylic acids is 2. The van der Waals surface area contributed by atoms with Gasteiger partial charge in [0.15, 0.2) is 0 Å². The fourth-order valence-corrected chi connectivity index (χ4v) is 2.53. The van der Waals surface area contributed by atoms with Crippen LogP contribution in [0.15, 0.2) is 48.5 Å². The maximum Gasteiger partial charge on any atom is 0.253 e. The first-order chi connectivity index (χ1) is 11.9. The van der Waals surface area contributed by atoms with Gasteiger partial charge < -0.3 is 10.2 Å². The normalized spacial score (nSPS) is 10.7. The van der Waals surface area contributed by atoms with E-state index in [9.17, 15) is 9.59 Å². The Balaban J connectivity index is 2.07. The van der Waals surface area contributed by atoms with Crippen molar-refractivity contribution >= 4 is 23.6 Å². The monoisotopic (exact) mass is 336 g/mol. The molecular formula is C21H24N2O2. The lowest BCUT2D eigenvalue weighted by atomic mass is 10.1. The van der Waals surface area contributed by atoms with Gasteiger partial charge in [0.05, 0.1) is 0 Å². The Morgan fingerprint density at radius 3 is 2.36 bits per heavy atom. The summed E-state index contributed by atoms with van der Waals surface area (Å²) in [5.41, 5.74) is 4.54. The molecule has 0 saturated carbocycles. The second kappa shape index (κ2) is 8.29. The van der Waals surface area contributed by atoms with Gasteiger partial charge in [-0.25, -0.2) is 0 Å². The fourth-order valence-electron chi connectivity index (χ4n) is 2.53. The maximum absolute atomic E-state index is 12.2. The zero-order valence-corrected chi connectivity index (χ0v) is 15.2. The van der Waals surface area contributed by atoms with E-state index in [1.54, 1.807) is 32.3 Å². The molecule has 4 nitrogen and oxygen atoms in total. The topological polar surface area (TPSA) is 49.4 Å². The molecule has 0 unspecified atom stereocenters. The highest BCUT2D eigenvalue weighted by molar-refractivity contribution is 6.03. The molecule has 0 bridgehead atoms. The molecule has 2 aromatic carbocycles. The summed E-state index contributed by atoms with van der Waals surface area (Å²) in [5, 5.41) is 2.96. The van der Waals surface area contributed by atoms with Gasteiger partial charge >= 0.3 is 0 Å². The second-order valence-corrected chi connectivity index (χ2v) is 6.11. The summed E-state index contributed by atoms with van der Waals surface area (Å²) in [5.74, 6) is -0.211. The summed E-state index contributed by atoms with van der Waals surface area (Å²) in [7, 11) is 3.44. The van der Waals surface area contributed by atoms with Gasteiger partial charge in [-0.15, -0.1) is 0 Å². The van der Waals surface area contributed by atoms with Crippen LogP contribution >= 0.6 is 0 Å². The number of benzene rings is 2. The zero-order chi connectivity index (χ0) is 18.4. The number of nitrogens with one attached hydrogen (secondary N) is 1. The van der Waals surface area contributed by atoms with Gasteiger partial charge in [-0.3, -0.25) is 9.59 Å². The van der Waals surface area contributed by atoms with Crippen LogP contribution in [0.5, 0.6) is 0 Å². The molecule has 2 rings (SSSR count). The summed E-state index contributed by atoms with van der Waals surface area (Å²) < 4.78 is 0. The molecule has 0 fully saturated rings. The summed E-state index contributed by atoms with van der Waals surface area (Å²) in [6.07, 6.45) is 4.11. The lowest BCUT2D eigenvalue weighted by Gasteiger charge is -2.11. The van der Waals surface area contributed by atoms with Gasteiger partial charge in [-0.05, 0) is 48.2 Å². The predicted molar refractivity (Wildman–Crippen MR) is 103 cm³/mol. The summed E-state index contributed by atoms with van der Waals surface area (Å²) >= 11 is 0. The molecular weight excluding hydrogens is 312 g/mol. The number of carbonyl (C=O) groups is 2. The number of aryl methyl sites for hydroxylation is 2. The number of amides is 2. The molecule has 130 valence electrons. The minimum atomic E-state index is -0.169. The average molecular weight is 336 g/mol. The van der Waals surface area contributed by atoms with E-state index in [0.29, 0.717) is 5.56 Å². The van der Waals surface area contributed by atoms with Gasteiger partial charge in [0.2, 0.25) is 5.91 Å². The molecule has 0 spiro atoms. The number of para-hydroxylation sites is 1. The minimum absolute atomic E-state index is 0.0417. The molecule has 2 aromatic rings. The molecule has 1 N–H and O–H groups in total. The molecule has 2 amide bonds. The molecule has 4 heteroatoms. The first-order valence-electron chi connectivity index (χ1n) is 8.31. The number of hydrogen-bond acceptors (Lipinski definition) is 2. The molecule has 25 heavy (non-hydrogen) atoms. The van der Waals surface area contributed by atoms with Crippen LogP contribution in [-0.2, 0) is 11.2 Å². The summed E-state index contributed by atoms with van der Waals surface area (Å²) in [4.78, 5) is 25.6. The van der Waals surface area contributed by atoms with E-state index in [-0.39, 0.29) is 11.8 Å². The second-order valence-electron chi connectivity index (χ2n) is 6.11. The van der Waals surface area contributed by atoms with E-state index >= 15 is 0 Å². The molecule has 0 atom stereocenters. The minimum Gasteiger partial charge on any atom is -0.345 e. The maximum atomic E-state index is 12.2. The Bertz CT molecular complexity index is 790. The van der Waals surface area contributed by atoms with Crippen LogP contribution in [0.4, 0.5) is 5.69 Å². The number of nitrogens with zero attached hydrogens (tertiary/aromatic N) is 1. The highest BCUT2D eigenvalue weighted by Crippen LogP contribution is 2.21. The quantitative estimate of drug-likeness (QED) is 0.842. The van der Waals surface area contributed by atoms with E-state index in [1.165, 1.54) is 11.0 Å². The molecule has 0 aliphatic heterocycles. The van der Waals surface area contributed by atoms with Crippen molar-refractivity contribution in [3.63, 3.8) is 0 Å². The van der Waals surface area contributed by atoms with E-state index in [4.69, 9.17) is 0 Å². The third-order valence-electron chi connectivity index (χ3n) is 3.98. The van der Waals surface area contributed by atoms with Crippen molar-refractivity contribution in [1.29, 1.82) is 0 Å². The van der Waals surface area contributed by atoms with Crippen LogP contribution in [0.3, 0.4) is 0 Å². The number of rotatable bonds is 5. The number of hydrogen-bond donors (Lipinski definition) is 1. The van der Waals surface area contributed by atoms with Crippen molar-refractivity contribution in [2.75, 3.05) is 19.4 Å². The predicted octanol–water partition coefficient (Wildman–Crippen LogP) is 3.91. The van der Waals surface area contributed by atoms with Crippen molar-refractivity contribution in [1.82, 2.24) is 4.90 Å². The highest BCUT2D eigenvalue weighted by Gasteiger charge is 2.08. The van der Waals surface area contributed by atoms with Crippen molar-refractivity contribution in [3.8, 4) is 0 Å². The Labute approximate surface area is 149 Å². The Kier molecular flexibility index (Phi) is 6.12. The van der Waals surface area contributed by atoms with Crippen molar-refractivity contribution in [2.24, 2.45) is 0 Å². The van der Waals surface area contributed by atoms with Crippen LogP contribution in [0, 0.1) is 6.92 Å². The van der Waals surface area contributed by atoms with Crippen molar-refractivity contribution < 1.29 is 9.59 Å².